The molecule has 3 rings (SSSR count). The molecule has 0 unspecified atom stereocenters. The molecule has 0 spiro atoms. The number of ether oxygens (including phenoxy) is 1. The van der Waals surface area contributed by atoms with Crippen LogP contribution in [0.4, 0.5) is 10.1 Å². The highest BCUT2D eigenvalue weighted by atomic mass is 35.5. The van der Waals surface area contributed by atoms with Gasteiger partial charge in [0.1, 0.15) is 29.8 Å². The van der Waals surface area contributed by atoms with E-state index in [1.54, 1.807) is 60.7 Å². The predicted molar refractivity (Wildman–Crippen MR) is 111 cm³/mol. The molecule has 1 N–H and O–H groups in total. The maximum Gasteiger partial charge on any atom is 0.266 e. The molecule has 0 radical (unpaired) electrons. The molecule has 0 aliphatic heterocycles. The van der Waals surface area contributed by atoms with Crippen molar-refractivity contribution < 1.29 is 13.9 Å². The van der Waals surface area contributed by atoms with Crippen molar-refractivity contribution in [2.75, 3.05) is 5.32 Å². The van der Waals surface area contributed by atoms with Crippen molar-refractivity contribution in [3.05, 3.63) is 100 Å². The Labute approximate surface area is 172 Å². The maximum absolute atomic E-state index is 12.9. The molecule has 1 amide bonds. The fourth-order valence-electron chi connectivity index (χ4n) is 2.45. The summed E-state index contributed by atoms with van der Waals surface area (Å²) in [6.07, 6.45) is 1.50. The van der Waals surface area contributed by atoms with Gasteiger partial charge in [-0.05, 0) is 65.7 Å². The highest BCUT2D eigenvalue weighted by molar-refractivity contribution is 6.30. The summed E-state index contributed by atoms with van der Waals surface area (Å²) in [6.45, 7) is 0.308. The largest absolute Gasteiger partial charge is 0.489 e. The molecule has 3 aromatic rings. The molecule has 0 saturated heterocycles. The van der Waals surface area contributed by atoms with Gasteiger partial charge in [0.2, 0.25) is 0 Å². The lowest BCUT2D eigenvalue weighted by Crippen LogP contribution is -2.13. The molecular weight excluding hydrogens is 391 g/mol. The van der Waals surface area contributed by atoms with Crippen LogP contribution in [-0.2, 0) is 11.4 Å². The van der Waals surface area contributed by atoms with Crippen LogP contribution in [0, 0.1) is 17.1 Å². The highest BCUT2D eigenvalue weighted by Gasteiger charge is 2.09. The molecule has 3 aromatic carbocycles. The van der Waals surface area contributed by atoms with Crippen LogP contribution in [-0.4, -0.2) is 5.91 Å². The first kappa shape index (κ1) is 20.1. The predicted octanol–water partition coefficient (Wildman–Crippen LogP) is 5.60. The fraction of sp³-hybridized carbons (Fsp3) is 0.0435. The minimum atomic E-state index is -0.508. The van der Waals surface area contributed by atoms with Gasteiger partial charge in [-0.2, -0.15) is 5.26 Å². The minimum Gasteiger partial charge on any atom is -0.489 e. The number of benzene rings is 3. The van der Waals surface area contributed by atoms with Gasteiger partial charge in [-0.15, -0.1) is 0 Å². The molecular formula is C23H16ClFN2O2. The number of nitrogens with zero attached hydrogens (tertiary/aromatic N) is 1. The Kier molecular flexibility index (Phi) is 6.62. The monoisotopic (exact) mass is 406 g/mol. The van der Waals surface area contributed by atoms with Gasteiger partial charge in [0.25, 0.3) is 5.91 Å². The summed E-state index contributed by atoms with van der Waals surface area (Å²) in [6, 6.07) is 21.6. The molecule has 6 heteroatoms. The van der Waals surface area contributed by atoms with Gasteiger partial charge in [0.05, 0.1) is 0 Å². The van der Waals surface area contributed by atoms with Gasteiger partial charge in [-0.1, -0.05) is 35.9 Å². The molecule has 0 fully saturated rings. The van der Waals surface area contributed by atoms with Gasteiger partial charge < -0.3 is 10.1 Å². The van der Waals surface area contributed by atoms with Crippen LogP contribution in [0.3, 0.4) is 0 Å². The van der Waals surface area contributed by atoms with Gasteiger partial charge in [-0.25, -0.2) is 4.39 Å². The Morgan fingerprint density at radius 1 is 1.03 bits per heavy atom. The van der Waals surface area contributed by atoms with E-state index < -0.39 is 5.91 Å². The Morgan fingerprint density at radius 3 is 2.31 bits per heavy atom. The maximum atomic E-state index is 12.9. The first-order valence-corrected chi connectivity index (χ1v) is 9.07. The average Bonchev–Trinajstić information content (AvgIpc) is 2.74. The van der Waals surface area contributed by atoms with E-state index in [0.717, 1.165) is 5.56 Å². The second kappa shape index (κ2) is 9.54. The van der Waals surface area contributed by atoms with E-state index in [4.69, 9.17) is 16.3 Å². The molecule has 0 aromatic heterocycles. The summed E-state index contributed by atoms with van der Waals surface area (Å²) in [5, 5.41) is 12.5. The van der Waals surface area contributed by atoms with Crippen molar-refractivity contribution in [2.24, 2.45) is 0 Å². The summed E-state index contributed by atoms with van der Waals surface area (Å²) < 4.78 is 18.6. The van der Waals surface area contributed by atoms with Crippen LogP contribution in [0.1, 0.15) is 11.1 Å². The number of halogens is 2. The minimum absolute atomic E-state index is 0.0278. The second-order valence-corrected chi connectivity index (χ2v) is 6.55. The van der Waals surface area contributed by atoms with E-state index in [0.29, 0.717) is 28.6 Å². The summed E-state index contributed by atoms with van der Waals surface area (Å²) in [4.78, 5) is 12.3. The molecule has 0 aliphatic rings. The summed E-state index contributed by atoms with van der Waals surface area (Å²) in [5.41, 5.74) is 2.05. The lowest BCUT2D eigenvalue weighted by atomic mass is 10.1. The van der Waals surface area contributed by atoms with Gasteiger partial charge in [0, 0.05) is 10.7 Å². The molecule has 29 heavy (non-hydrogen) atoms. The number of carbonyl (C=O) groups is 1. The number of anilines is 1. The molecule has 144 valence electrons. The lowest BCUT2D eigenvalue weighted by Gasteiger charge is -2.07. The standard InChI is InChI=1S/C23H16ClFN2O2/c24-19-5-9-21(10-6-19)27-23(28)18(14-26)13-16-3-11-22(12-4-16)29-15-17-1-7-20(25)8-2-17/h1-13H,15H2,(H,27,28)/b18-13-. The van der Waals surface area contributed by atoms with Gasteiger partial charge >= 0.3 is 0 Å². The van der Waals surface area contributed by atoms with E-state index in [1.807, 2.05) is 6.07 Å². The van der Waals surface area contributed by atoms with E-state index in [2.05, 4.69) is 5.32 Å². The lowest BCUT2D eigenvalue weighted by molar-refractivity contribution is -0.112. The van der Waals surface area contributed by atoms with Crippen molar-refractivity contribution in [3.8, 4) is 11.8 Å². The number of hydrogen-bond acceptors (Lipinski definition) is 3. The fourth-order valence-corrected chi connectivity index (χ4v) is 2.58. The number of amides is 1. The van der Waals surface area contributed by atoms with Crippen molar-refractivity contribution in [1.29, 1.82) is 5.26 Å². The summed E-state index contributed by atoms with van der Waals surface area (Å²) in [7, 11) is 0. The number of carbonyl (C=O) groups excluding carboxylic acids is 1. The highest BCUT2D eigenvalue weighted by Crippen LogP contribution is 2.18. The van der Waals surface area contributed by atoms with Crippen molar-refractivity contribution in [2.45, 2.75) is 6.61 Å². The molecule has 4 nitrogen and oxygen atoms in total. The van der Waals surface area contributed by atoms with E-state index >= 15 is 0 Å². The Hall–Kier alpha value is -3.62. The Balaban J connectivity index is 1.63. The Morgan fingerprint density at radius 2 is 1.69 bits per heavy atom. The van der Waals surface area contributed by atoms with Crippen molar-refractivity contribution in [1.82, 2.24) is 0 Å². The van der Waals surface area contributed by atoms with Crippen LogP contribution < -0.4 is 10.1 Å². The quantitative estimate of drug-likeness (QED) is 0.428. The SMILES string of the molecule is N#C/C(=C/c1ccc(OCc2ccc(F)cc2)cc1)C(=O)Nc1ccc(Cl)cc1. The van der Waals surface area contributed by atoms with E-state index in [9.17, 15) is 14.4 Å². The first-order valence-electron chi connectivity index (χ1n) is 8.69. The van der Waals surface area contributed by atoms with Crippen molar-refractivity contribution in [3.63, 3.8) is 0 Å². The van der Waals surface area contributed by atoms with Crippen LogP contribution in [0.5, 0.6) is 5.75 Å². The van der Waals surface area contributed by atoms with E-state index in [-0.39, 0.29) is 11.4 Å². The first-order chi connectivity index (χ1) is 14.0. The van der Waals surface area contributed by atoms with Crippen LogP contribution in [0.15, 0.2) is 78.4 Å². The molecule has 0 bridgehead atoms. The summed E-state index contributed by atoms with van der Waals surface area (Å²) in [5.74, 6) is -0.180. The van der Waals surface area contributed by atoms with Gasteiger partial charge in [-0.3, -0.25) is 4.79 Å². The second-order valence-electron chi connectivity index (χ2n) is 6.12. The third-order valence-corrected chi connectivity index (χ3v) is 4.23. The number of nitrogens with one attached hydrogen (secondary N) is 1. The normalized spacial score (nSPS) is 10.9. The zero-order valence-electron chi connectivity index (χ0n) is 15.2. The average molecular weight is 407 g/mol. The van der Waals surface area contributed by atoms with Crippen LogP contribution in [0.2, 0.25) is 5.02 Å². The number of rotatable bonds is 6. The smallest absolute Gasteiger partial charge is 0.266 e. The third-order valence-electron chi connectivity index (χ3n) is 3.98. The van der Waals surface area contributed by atoms with Crippen LogP contribution >= 0.6 is 11.6 Å². The summed E-state index contributed by atoms with van der Waals surface area (Å²) >= 11 is 5.82. The van der Waals surface area contributed by atoms with E-state index in [1.165, 1.54) is 18.2 Å². The Bertz CT molecular complexity index is 1050. The molecule has 0 atom stereocenters. The van der Waals surface area contributed by atoms with Gasteiger partial charge in [0.15, 0.2) is 0 Å². The molecule has 0 saturated carbocycles. The third kappa shape index (κ3) is 5.93. The number of nitriles is 1. The molecule has 0 aliphatic carbocycles. The number of hydrogen-bond donors (Lipinski definition) is 1. The topological polar surface area (TPSA) is 62.1 Å². The molecule has 0 heterocycles. The van der Waals surface area contributed by atoms with Crippen molar-refractivity contribution >= 4 is 29.3 Å². The van der Waals surface area contributed by atoms with Crippen LogP contribution in [0.25, 0.3) is 6.08 Å². The zero-order chi connectivity index (χ0) is 20.6. The zero-order valence-corrected chi connectivity index (χ0v) is 16.0.